The lowest BCUT2D eigenvalue weighted by atomic mass is 10.1. The van der Waals surface area contributed by atoms with Gasteiger partial charge in [-0.05, 0) is 19.3 Å². The van der Waals surface area contributed by atoms with E-state index in [-0.39, 0.29) is 23.8 Å². The van der Waals surface area contributed by atoms with Crippen molar-refractivity contribution in [3.63, 3.8) is 0 Å². The van der Waals surface area contributed by atoms with Crippen LogP contribution in [0.5, 0.6) is 0 Å². The quantitative estimate of drug-likeness (QED) is 0.785. The summed E-state index contributed by atoms with van der Waals surface area (Å²) in [7, 11) is 0. The Bertz CT molecular complexity index is 379. The molecule has 5 heteroatoms. The van der Waals surface area contributed by atoms with Gasteiger partial charge in [0.25, 0.3) is 0 Å². The van der Waals surface area contributed by atoms with E-state index in [2.05, 4.69) is 0 Å². The maximum Gasteiger partial charge on any atom is 0.228 e. The standard InChI is InChI=1S/C14H22N2O3/c17-12-5-6-15(9-12)14(19)10-7-13(18)16(8-10)11-3-1-2-4-11/h10-12,17H,1-9H2/t10?,12-/m1/s1. The number of β-amino-alcohol motifs (C(OH)–C–C–N with tert-alkyl or cyclic N) is 1. The number of hydrogen-bond acceptors (Lipinski definition) is 3. The van der Waals surface area contributed by atoms with Crippen molar-refractivity contribution in [2.45, 2.75) is 50.7 Å². The molecule has 0 spiro atoms. The van der Waals surface area contributed by atoms with E-state index in [4.69, 9.17) is 0 Å². The monoisotopic (exact) mass is 266 g/mol. The van der Waals surface area contributed by atoms with E-state index in [0.717, 1.165) is 12.8 Å². The molecule has 2 atom stereocenters. The summed E-state index contributed by atoms with van der Waals surface area (Å²) in [6, 6.07) is 0.370. The number of carbonyl (C=O) groups is 2. The van der Waals surface area contributed by atoms with Crippen molar-refractivity contribution < 1.29 is 14.7 Å². The number of rotatable bonds is 2. The van der Waals surface area contributed by atoms with E-state index in [9.17, 15) is 14.7 Å². The molecule has 3 aliphatic rings. The van der Waals surface area contributed by atoms with Gasteiger partial charge >= 0.3 is 0 Å². The van der Waals surface area contributed by atoms with Gasteiger partial charge in [-0.2, -0.15) is 0 Å². The second kappa shape index (κ2) is 5.12. The van der Waals surface area contributed by atoms with E-state index in [1.807, 2.05) is 4.90 Å². The molecule has 2 aliphatic heterocycles. The van der Waals surface area contributed by atoms with Gasteiger partial charge in [-0.15, -0.1) is 0 Å². The SMILES string of the molecule is O=C(C1CC(=O)N(C2CCCC2)C1)N1CC[C@@H](O)C1. The summed E-state index contributed by atoms with van der Waals surface area (Å²) in [5.74, 6) is 0.0220. The van der Waals surface area contributed by atoms with E-state index < -0.39 is 0 Å². The lowest BCUT2D eigenvalue weighted by Crippen LogP contribution is -2.38. The van der Waals surface area contributed by atoms with Crippen molar-refractivity contribution in [1.82, 2.24) is 9.80 Å². The normalized spacial score (nSPS) is 32.6. The third-order valence-electron chi connectivity index (χ3n) is 4.75. The molecular weight excluding hydrogens is 244 g/mol. The third kappa shape index (κ3) is 2.48. The second-order valence-corrected chi connectivity index (χ2v) is 6.11. The molecule has 3 rings (SSSR count). The van der Waals surface area contributed by atoms with E-state index in [1.165, 1.54) is 12.8 Å². The van der Waals surface area contributed by atoms with Gasteiger partial charge in [0.1, 0.15) is 0 Å². The summed E-state index contributed by atoms with van der Waals surface area (Å²) < 4.78 is 0. The minimum atomic E-state index is -0.382. The van der Waals surface area contributed by atoms with Crippen LogP contribution >= 0.6 is 0 Å². The highest BCUT2D eigenvalue weighted by atomic mass is 16.3. The van der Waals surface area contributed by atoms with Crippen LogP contribution in [0.2, 0.25) is 0 Å². The molecule has 2 saturated heterocycles. The average molecular weight is 266 g/mol. The highest BCUT2D eigenvalue weighted by molar-refractivity contribution is 5.89. The summed E-state index contributed by atoms with van der Waals surface area (Å²) in [4.78, 5) is 28.1. The van der Waals surface area contributed by atoms with Crippen LogP contribution in [0.4, 0.5) is 0 Å². The highest BCUT2D eigenvalue weighted by Crippen LogP contribution is 2.30. The largest absolute Gasteiger partial charge is 0.391 e. The van der Waals surface area contributed by atoms with Gasteiger partial charge in [0.2, 0.25) is 11.8 Å². The first kappa shape index (κ1) is 12.9. The van der Waals surface area contributed by atoms with Crippen LogP contribution in [-0.4, -0.2) is 58.5 Å². The number of hydrogen-bond donors (Lipinski definition) is 1. The molecule has 0 aromatic carbocycles. The summed E-state index contributed by atoms with van der Waals surface area (Å²) >= 11 is 0. The molecule has 2 amide bonds. The van der Waals surface area contributed by atoms with E-state index in [1.54, 1.807) is 4.90 Å². The zero-order valence-electron chi connectivity index (χ0n) is 11.3. The van der Waals surface area contributed by atoms with Crippen LogP contribution in [-0.2, 0) is 9.59 Å². The van der Waals surface area contributed by atoms with Crippen molar-refractivity contribution in [3.05, 3.63) is 0 Å². The zero-order valence-corrected chi connectivity index (χ0v) is 11.3. The van der Waals surface area contributed by atoms with Crippen LogP contribution in [0, 0.1) is 5.92 Å². The van der Waals surface area contributed by atoms with Gasteiger partial charge in [-0.25, -0.2) is 0 Å². The Balaban J connectivity index is 1.61. The Morgan fingerprint density at radius 3 is 2.53 bits per heavy atom. The van der Waals surface area contributed by atoms with Gasteiger partial charge < -0.3 is 14.9 Å². The molecule has 19 heavy (non-hydrogen) atoms. The van der Waals surface area contributed by atoms with Crippen molar-refractivity contribution >= 4 is 11.8 Å². The van der Waals surface area contributed by atoms with Crippen LogP contribution in [0.15, 0.2) is 0 Å². The smallest absolute Gasteiger partial charge is 0.228 e. The Kier molecular flexibility index (Phi) is 3.48. The van der Waals surface area contributed by atoms with Crippen LogP contribution in [0.25, 0.3) is 0 Å². The van der Waals surface area contributed by atoms with Gasteiger partial charge in [-0.3, -0.25) is 9.59 Å². The molecule has 5 nitrogen and oxygen atoms in total. The predicted molar refractivity (Wildman–Crippen MR) is 69.3 cm³/mol. The lowest BCUT2D eigenvalue weighted by Gasteiger charge is -2.25. The number of carbonyl (C=O) groups excluding carboxylic acids is 2. The number of aliphatic hydroxyl groups excluding tert-OH is 1. The molecule has 2 heterocycles. The van der Waals surface area contributed by atoms with Crippen LogP contribution in [0.3, 0.4) is 0 Å². The van der Waals surface area contributed by atoms with Crippen molar-refractivity contribution in [2.24, 2.45) is 5.92 Å². The molecule has 0 bridgehead atoms. The molecule has 106 valence electrons. The summed E-state index contributed by atoms with van der Waals surface area (Å²) in [6.45, 7) is 1.66. The summed E-state index contributed by atoms with van der Waals surface area (Å²) in [6.07, 6.45) is 5.23. The molecular formula is C14H22N2O3. The van der Waals surface area contributed by atoms with Gasteiger partial charge in [0.15, 0.2) is 0 Å². The fourth-order valence-electron chi connectivity index (χ4n) is 3.67. The first-order valence-electron chi connectivity index (χ1n) is 7.41. The first-order chi connectivity index (χ1) is 9.15. The molecule has 1 unspecified atom stereocenters. The Labute approximate surface area is 113 Å². The molecule has 0 radical (unpaired) electrons. The lowest BCUT2D eigenvalue weighted by molar-refractivity contribution is -0.135. The first-order valence-corrected chi connectivity index (χ1v) is 7.41. The third-order valence-corrected chi connectivity index (χ3v) is 4.75. The van der Waals surface area contributed by atoms with Gasteiger partial charge in [0, 0.05) is 32.1 Å². The average Bonchev–Trinajstić information content (AvgIpc) is 3.07. The van der Waals surface area contributed by atoms with E-state index >= 15 is 0 Å². The molecule has 1 aliphatic carbocycles. The predicted octanol–water partition coefficient (Wildman–Crippen LogP) is 0.371. The zero-order chi connectivity index (χ0) is 13.4. The molecule has 0 aromatic heterocycles. The Morgan fingerprint density at radius 2 is 1.89 bits per heavy atom. The second-order valence-electron chi connectivity index (χ2n) is 6.11. The topological polar surface area (TPSA) is 60.9 Å². The van der Waals surface area contributed by atoms with E-state index in [0.29, 0.717) is 38.5 Å². The minimum Gasteiger partial charge on any atom is -0.391 e. The van der Waals surface area contributed by atoms with Gasteiger partial charge in [-0.1, -0.05) is 12.8 Å². The summed E-state index contributed by atoms with van der Waals surface area (Å²) in [5, 5.41) is 9.50. The summed E-state index contributed by atoms with van der Waals surface area (Å²) in [5.41, 5.74) is 0. The molecule has 1 N–H and O–H groups in total. The highest BCUT2D eigenvalue weighted by Gasteiger charge is 2.41. The van der Waals surface area contributed by atoms with Crippen LogP contribution in [0.1, 0.15) is 38.5 Å². The number of amides is 2. The number of aliphatic hydroxyl groups is 1. The fourth-order valence-corrected chi connectivity index (χ4v) is 3.67. The molecule has 3 fully saturated rings. The van der Waals surface area contributed by atoms with Crippen molar-refractivity contribution in [3.8, 4) is 0 Å². The maximum absolute atomic E-state index is 12.3. The molecule has 0 aromatic rings. The van der Waals surface area contributed by atoms with Crippen LogP contribution < -0.4 is 0 Å². The number of likely N-dealkylation sites (tertiary alicyclic amines) is 2. The number of nitrogens with zero attached hydrogens (tertiary/aromatic N) is 2. The Morgan fingerprint density at radius 1 is 1.16 bits per heavy atom. The van der Waals surface area contributed by atoms with Crippen molar-refractivity contribution in [1.29, 1.82) is 0 Å². The molecule has 1 saturated carbocycles. The van der Waals surface area contributed by atoms with Gasteiger partial charge in [0.05, 0.1) is 12.0 Å². The van der Waals surface area contributed by atoms with Crippen molar-refractivity contribution in [2.75, 3.05) is 19.6 Å². The maximum atomic E-state index is 12.3. The fraction of sp³-hybridized carbons (Fsp3) is 0.857. The minimum absolute atomic E-state index is 0.0606. The Hall–Kier alpha value is -1.10.